The third-order valence-electron chi connectivity index (χ3n) is 2.11. The first-order valence-corrected chi connectivity index (χ1v) is 6.59. The third-order valence-corrected chi connectivity index (χ3v) is 3.03. The zero-order chi connectivity index (χ0) is 15.9. The SMILES string of the molecule is O=C(O)C=Cc1ccsc1C(=O)NCCOCC(F)(F)F. The number of carbonyl (C=O) groups excluding carboxylic acids is 1. The Kier molecular flexibility index (Phi) is 6.38. The molecule has 0 bridgehead atoms. The molecule has 1 aromatic heterocycles. The monoisotopic (exact) mass is 323 g/mol. The van der Waals surface area contributed by atoms with Crippen LogP contribution in [0.3, 0.4) is 0 Å². The van der Waals surface area contributed by atoms with Gasteiger partial charge in [-0.2, -0.15) is 13.2 Å². The van der Waals surface area contributed by atoms with Gasteiger partial charge in [-0.05, 0) is 23.1 Å². The second-order valence-electron chi connectivity index (χ2n) is 3.80. The molecule has 0 atom stereocenters. The lowest BCUT2D eigenvalue weighted by atomic mass is 10.2. The first-order chi connectivity index (χ1) is 9.79. The van der Waals surface area contributed by atoms with E-state index >= 15 is 0 Å². The van der Waals surface area contributed by atoms with Crippen molar-refractivity contribution in [3.8, 4) is 0 Å². The van der Waals surface area contributed by atoms with Crippen LogP contribution in [0, 0.1) is 0 Å². The van der Waals surface area contributed by atoms with Crippen LogP contribution >= 0.6 is 11.3 Å². The first-order valence-electron chi connectivity index (χ1n) is 5.71. The Bertz CT molecular complexity index is 525. The second kappa shape index (κ2) is 7.79. The van der Waals surface area contributed by atoms with Crippen LogP contribution in [0.4, 0.5) is 13.2 Å². The van der Waals surface area contributed by atoms with Gasteiger partial charge in [-0.25, -0.2) is 4.79 Å². The molecule has 21 heavy (non-hydrogen) atoms. The molecule has 1 aromatic rings. The molecule has 1 rings (SSSR count). The van der Waals surface area contributed by atoms with E-state index < -0.39 is 24.7 Å². The number of amides is 1. The summed E-state index contributed by atoms with van der Waals surface area (Å²) in [5, 5.41) is 12.5. The van der Waals surface area contributed by atoms with Gasteiger partial charge in [0.2, 0.25) is 0 Å². The number of halogens is 3. The molecule has 0 aliphatic carbocycles. The Morgan fingerprint density at radius 3 is 2.76 bits per heavy atom. The van der Waals surface area contributed by atoms with Crippen LogP contribution in [0.25, 0.3) is 6.08 Å². The van der Waals surface area contributed by atoms with Crippen molar-refractivity contribution < 1.29 is 32.6 Å². The van der Waals surface area contributed by atoms with Gasteiger partial charge in [-0.15, -0.1) is 11.3 Å². The summed E-state index contributed by atoms with van der Waals surface area (Å²) in [6, 6.07) is 1.57. The molecule has 5 nitrogen and oxygen atoms in total. The number of thiophene rings is 1. The third kappa shape index (κ3) is 6.91. The van der Waals surface area contributed by atoms with Crippen LogP contribution in [0.2, 0.25) is 0 Å². The molecule has 0 aromatic carbocycles. The Hall–Kier alpha value is -1.87. The van der Waals surface area contributed by atoms with Gasteiger partial charge in [-0.3, -0.25) is 4.79 Å². The van der Waals surface area contributed by atoms with Crippen LogP contribution < -0.4 is 5.32 Å². The summed E-state index contributed by atoms with van der Waals surface area (Å²) in [7, 11) is 0. The smallest absolute Gasteiger partial charge is 0.411 e. The molecule has 1 heterocycles. The van der Waals surface area contributed by atoms with Crippen molar-refractivity contribution >= 4 is 29.3 Å². The van der Waals surface area contributed by atoms with Crippen LogP contribution in [-0.2, 0) is 9.53 Å². The van der Waals surface area contributed by atoms with Gasteiger partial charge in [0, 0.05) is 12.6 Å². The van der Waals surface area contributed by atoms with E-state index in [1.54, 1.807) is 11.4 Å². The van der Waals surface area contributed by atoms with Gasteiger partial charge in [-0.1, -0.05) is 0 Å². The molecular formula is C12H12F3NO4S. The van der Waals surface area contributed by atoms with Crippen LogP contribution in [0.5, 0.6) is 0 Å². The maximum absolute atomic E-state index is 11.8. The Balaban J connectivity index is 2.43. The summed E-state index contributed by atoms with van der Waals surface area (Å²) in [6.45, 7) is -1.71. The molecule has 0 aliphatic heterocycles. The van der Waals surface area contributed by atoms with E-state index in [2.05, 4.69) is 10.1 Å². The van der Waals surface area contributed by atoms with E-state index in [0.717, 1.165) is 17.4 Å². The molecule has 2 N–H and O–H groups in total. The minimum Gasteiger partial charge on any atom is -0.478 e. The maximum atomic E-state index is 11.8. The van der Waals surface area contributed by atoms with Crippen molar-refractivity contribution in [2.24, 2.45) is 0 Å². The molecule has 0 fully saturated rings. The summed E-state index contributed by atoms with van der Waals surface area (Å²) in [6.07, 6.45) is -2.23. The van der Waals surface area contributed by atoms with Crippen molar-refractivity contribution in [3.05, 3.63) is 28.0 Å². The molecular weight excluding hydrogens is 311 g/mol. The first kappa shape index (κ1) is 17.2. The highest BCUT2D eigenvalue weighted by Crippen LogP contribution is 2.18. The summed E-state index contributed by atoms with van der Waals surface area (Å²) in [4.78, 5) is 22.5. The summed E-state index contributed by atoms with van der Waals surface area (Å²) < 4.78 is 39.8. The number of carboxylic acids is 1. The number of nitrogens with one attached hydrogen (secondary N) is 1. The normalized spacial score (nSPS) is 11.8. The van der Waals surface area contributed by atoms with E-state index in [0.29, 0.717) is 5.56 Å². The highest BCUT2D eigenvalue weighted by atomic mass is 32.1. The number of ether oxygens (including phenoxy) is 1. The summed E-state index contributed by atoms with van der Waals surface area (Å²) in [5.74, 6) is -1.64. The minimum absolute atomic E-state index is 0.0745. The Morgan fingerprint density at radius 2 is 2.14 bits per heavy atom. The Morgan fingerprint density at radius 1 is 1.43 bits per heavy atom. The average Bonchev–Trinajstić information content (AvgIpc) is 2.82. The lowest BCUT2D eigenvalue weighted by Gasteiger charge is -2.08. The lowest BCUT2D eigenvalue weighted by Crippen LogP contribution is -2.28. The van der Waals surface area contributed by atoms with Gasteiger partial charge < -0.3 is 15.2 Å². The van der Waals surface area contributed by atoms with Crippen molar-refractivity contribution in [2.45, 2.75) is 6.18 Å². The largest absolute Gasteiger partial charge is 0.478 e. The fourth-order valence-electron chi connectivity index (χ4n) is 1.30. The molecule has 0 radical (unpaired) electrons. The van der Waals surface area contributed by atoms with E-state index in [1.165, 1.54) is 6.08 Å². The number of rotatable bonds is 7. The van der Waals surface area contributed by atoms with Gasteiger partial charge in [0.05, 0.1) is 11.5 Å². The van der Waals surface area contributed by atoms with E-state index in [-0.39, 0.29) is 18.0 Å². The molecule has 1 amide bonds. The van der Waals surface area contributed by atoms with Crippen LogP contribution in [0.15, 0.2) is 17.5 Å². The number of hydrogen-bond acceptors (Lipinski definition) is 4. The molecule has 116 valence electrons. The predicted octanol–water partition coefficient (Wildman–Crippen LogP) is 2.15. The number of aliphatic carboxylic acids is 1. The second-order valence-corrected chi connectivity index (χ2v) is 4.72. The van der Waals surface area contributed by atoms with Gasteiger partial charge in [0.1, 0.15) is 6.61 Å². The minimum atomic E-state index is -4.40. The van der Waals surface area contributed by atoms with Gasteiger partial charge in [0.15, 0.2) is 0 Å². The molecule has 0 saturated heterocycles. The highest BCUT2D eigenvalue weighted by Gasteiger charge is 2.27. The summed E-state index contributed by atoms with van der Waals surface area (Å²) >= 11 is 1.10. The number of carboxylic acid groups (broad SMARTS) is 1. The topological polar surface area (TPSA) is 75.6 Å². The van der Waals surface area contributed by atoms with Gasteiger partial charge >= 0.3 is 12.1 Å². The van der Waals surface area contributed by atoms with Crippen molar-refractivity contribution in [3.63, 3.8) is 0 Å². The van der Waals surface area contributed by atoms with Gasteiger partial charge in [0.25, 0.3) is 5.91 Å². The van der Waals surface area contributed by atoms with E-state index in [9.17, 15) is 22.8 Å². The quantitative estimate of drug-likeness (QED) is 0.595. The number of hydrogen-bond donors (Lipinski definition) is 2. The highest BCUT2D eigenvalue weighted by molar-refractivity contribution is 7.12. The van der Waals surface area contributed by atoms with E-state index in [1.807, 2.05) is 0 Å². The molecule has 0 saturated carbocycles. The fraction of sp³-hybridized carbons (Fsp3) is 0.333. The zero-order valence-electron chi connectivity index (χ0n) is 10.6. The van der Waals surface area contributed by atoms with Crippen molar-refractivity contribution in [2.75, 3.05) is 19.8 Å². The fourth-order valence-corrected chi connectivity index (χ4v) is 2.10. The van der Waals surface area contributed by atoms with Crippen LogP contribution in [0.1, 0.15) is 15.2 Å². The number of alkyl halides is 3. The zero-order valence-corrected chi connectivity index (χ0v) is 11.5. The molecule has 0 aliphatic rings. The number of carbonyl (C=O) groups is 2. The van der Waals surface area contributed by atoms with Crippen molar-refractivity contribution in [1.29, 1.82) is 0 Å². The van der Waals surface area contributed by atoms with Crippen molar-refractivity contribution in [1.82, 2.24) is 5.32 Å². The predicted molar refractivity (Wildman–Crippen MR) is 70.2 cm³/mol. The average molecular weight is 323 g/mol. The molecule has 0 spiro atoms. The van der Waals surface area contributed by atoms with Crippen LogP contribution in [-0.4, -0.2) is 42.9 Å². The molecule has 9 heteroatoms. The molecule has 0 unspecified atom stereocenters. The standard InChI is InChI=1S/C12H12F3NO4S/c13-12(14,15)7-20-5-4-16-11(19)10-8(3-6-21-10)1-2-9(17)18/h1-3,6H,4-5,7H2,(H,16,19)(H,17,18). The maximum Gasteiger partial charge on any atom is 0.411 e. The summed E-state index contributed by atoms with van der Waals surface area (Å²) in [5.41, 5.74) is 0.427. The Labute approximate surface area is 122 Å². The van der Waals surface area contributed by atoms with E-state index in [4.69, 9.17) is 5.11 Å². The lowest BCUT2D eigenvalue weighted by molar-refractivity contribution is -0.173.